The van der Waals surface area contributed by atoms with Crippen LogP contribution >= 0.6 is 11.8 Å². The molecule has 84 valence electrons. The number of hydrogen-bond donors (Lipinski definition) is 2. The van der Waals surface area contributed by atoms with Gasteiger partial charge in [0.15, 0.2) is 0 Å². The number of thioether (sulfide) groups is 1. The van der Waals surface area contributed by atoms with Crippen LogP contribution in [-0.2, 0) is 0 Å². The molecule has 0 aliphatic carbocycles. The fourth-order valence-corrected chi connectivity index (χ4v) is 2.54. The number of pyridine rings is 1. The summed E-state index contributed by atoms with van der Waals surface area (Å²) in [5.74, 6) is 0. The molecule has 3 nitrogen and oxygen atoms in total. The Hall–Kier alpha value is -0.580. The highest BCUT2D eigenvalue weighted by Gasteiger charge is 2.14. The lowest BCUT2D eigenvalue weighted by molar-refractivity contribution is 0.289. The van der Waals surface area contributed by atoms with Crippen molar-refractivity contribution in [3.63, 3.8) is 0 Å². The number of rotatable bonds is 6. The summed E-state index contributed by atoms with van der Waals surface area (Å²) in [7, 11) is 0. The predicted molar refractivity (Wildman–Crippen MR) is 64.8 cm³/mol. The molecule has 0 amide bonds. The highest BCUT2D eigenvalue weighted by molar-refractivity contribution is 8.00. The van der Waals surface area contributed by atoms with Crippen molar-refractivity contribution >= 4 is 11.8 Å². The number of hydrogen-bond acceptors (Lipinski definition) is 4. The Balaban J connectivity index is 2.56. The largest absolute Gasteiger partial charge is 0.396 e. The zero-order valence-electron chi connectivity index (χ0n) is 8.97. The monoisotopic (exact) mass is 226 g/mol. The van der Waals surface area contributed by atoms with Gasteiger partial charge in [-0.25, -0.2) is 0 Å². The lowest BCUT2D eigenvalue weighted by Gasteiger charge is -2.18. The average molecular weight is 226 g/mol. The standard InChI is InChI=1S/C11H18N2OS/c1-9(5-7-14)15-11(8-12)10-4-2-3-6-13-10/h2-4,6,9,11,14H,5,7-8,12H2,1H3. The van der Waals surface area contributed by atoms with Crippen LogP contribution in [0.4, 0.5) is 0 Å². The van der Waals surface area contributed by atoms with Crippen molar-refractivity contribution in [1.82, 2.24) is 4.98 Å². The Morgan fingerprint density at radius 1 is 1.53 bits per heavy atom. The Morgan fingerprint density at radius 3 is 2.87 bits per heavy atom. The van der Waals surface area contributed by atoms with Gasteiger partial charge >= 0.3 is 0 Å². The molecular weight excluding hydrogens is 208 g/mol. The molecule has 0 fully saturated rings. The second kappa shape index (κ2) is 6.82. The molecule has 0 aliphatic heterocycles. The maximum absolute atomic E-state index is 8.83. The smallest absolute Gasteiger partial charge is 0.0595 e. The molecule has 2 atom stereocenters. The molecule has 0 aromatic carbocycles. The molecule has 2 unspecified atom stereocenters. The first-order valence-electron chi connectivity index (χ1n) is 5.15. The van der Waals surface area contributed by atoms with E-state index in [0.717, 1.165) is 12.1 Å². The summed E-state index contributed by atoms with van der Waals surface area (Å²) in [5, 5.41) is 9.47. The van der Waals surface area contributed by atoms with Gasteiger partial charge in [0, 0.05) is 24.6 Å². The van der Waals surface area contributed by atoms with E-state index in [9.17, 15) is 0 Å². The lowest BCUT2D eigenvalue weighted by atomic mass is 10.3. The minimum Gasteiger partial charge on any atom is -0.396 e. The van der Waals surface area contributed by atoms with E-state index in [4.69, 9.17) is 10.8 Å². The van der Waals surface area contributed by atoms with Crippen molar-refractivity contribution < 1.29 is 5.11 Å². The maximum atomic E-state index is 8.83. The van der Waals surface area contributed by atoms with E-state index in [0.29, 0.717) is 11.8 Å². The minimum absolute atomic E-state index is 0.229. The Labute approximate surface area is 95.1 Å². The minimum atomic E-state index is 0.229. The summed E-state index contributed by atoms with van der Waals surface area (Å²) >= 11 is 1.77. The number of aromatic nitrogens is 1. The van der Waals surface area contributed by atoms with Crippen LogP contribution in [0.15, 0.2) is 24.4 Å². The first-order valence-corrected chi connectivity index (χ1v) is 6.09. The normalized spacial score (nSPS) is 14.9. The van der Waals surface area contributed by atoms with Crippen molar-refractivity contribution in [3.8, 4) is 0 Å². The van der Waals surface area contributed by atoms with Crippen molar-refractivity contribution in [2.45, 2.75) is 23.8 Å². The molecule has 1 heterocycles. The second-order valence-electron chi connectivity index (χ2n) is 3.44. The van der Waals surface area contributed by atoms with Gasteiger partial charge in [-0.2, -0.15) is 0 Å². The summed E-state index contributed by atoms with van der Waals surface area (Å²) in [5.41, 5.74) is 6.75. The van der Waals surface area contributed by atoms with Crippen LogP contribution in [0.2, 0.25) is 0 Å². The molecule has 0 bridgehead atoms. The zero-order valence-corrected chi connectivity index (χ0v) is 9.78. The summed E-state index contributed by atoms with van der Waals surface area (Å²) < 4.78 is 0. The molecule has 0 spiro atoms. The van der Waals surface area contributed by atoms with Gasteiger partial charge in [-0.3, -0.25) is 4.98 Å². The van der Waals surface area contributed by atoms with Gasteiger partial charge in [0.05, 0.1) is 10.9 Å². The molecular formula is C11H18N2OS. The highest BCUT2D eigenvalue weighted by atomic mass is 32.2. The number of aliphatic hydroxyl groups excluding tert-OH is 1. The molecule has 0 saturated carbocycles. The summed E-state index contributed by atoms with van der Waals surface area (Å²) in [6.07, 6.45) is 2.59. The molecule has 0 saturated heterocycles. The molecule has 1 aromatic heterocycles. The van der Waals surface area contributed by atoms with Gasteiger partial charge in [-0.1, -0.05) is 13.0 Å². The molecule has 3 N–H and O–H groups in total. The Kier molecular flexibility index (Phi) is 5.68. The first kappa shape index (κ1) is 12.5. The first-order chi connectivity index (χ1) is 7.27. The Morgan fingerprint density at radius 2 is 2.33 bits per heavy atom. The topological polar surface area (TPSA) is 59.1 Å². The van der Waals surface area contributed by atoms with Crippen molar-refractivity contribution in [2.24, 2.45) is 5.73 Å². The van der Waals surface area contributed by atoms with Crippen molar-refractivity contribution in [1.29, 1.82) is 0 Å². The van der Waals surface area contributed by atoms with Crippen LogP contribution in [0.25, 0.3) is 0 Å². The van der Waals surface area contributed by atoms with E-state index >= 15 is 0 Å². The van der Waals surface area contributed by atoms with Crippen molar-refractivity contribution in [3.05, 3.63) is 30.1 Å². The zero-order chi connectivity index (χ0) is 11.1. The van der Waals surface area contributed by atoms with Gasteiger partial charge < -0.3 is 10.8 Å². The molecule has 1 rings (SSSR count). The molecule has 4 heteroatoms. The molecule has 1 aromatic rings. The SMILES string of the molecule is CC(CCO)SC(CN)c1ccccn1. The van der Waals surface area contributed by atoms with E-state index in [-0.39, 0.29) is 11.9 Å². The third kappa shape index (κ3) is 4.20. The van der Waals surface area contributed by atoms with Crippen LogP contribution < -0.4 is 5.73 Å². The number of aliphatic hydroxyl groups is 1. The highest BCUT2D eigenvalue weighted by Crippen LogP contribution is 2.31. The summed E-state index contributed by atoms with van der Waals surface area (Å²) in [6, 6.07) is 5.87. The van der Waals surface area contributed by atoms with Gasteiger partial charge in [0.1, 0.15) is 0 Å². The van der Waals surface area contributed by atoms with E-state index in [2.05, 4.69) is 11.9 Å². The molecule has 0 radical (unpaired) electrons. The van der Waals surface area contributed by atoms with Gasteiger partial charge in [-0.15, -0.1) is 11.8 Å². The third-order valence-corrected chi connectivity index (χ3v) is 3.63. The van der Waals surface area contributed by atoms with Crippen LogP contribution in [-0.4, -0.2) is 28.5 Å². The second-order valence-corrected chi connectivity index (χ2v) is 5.08. The van der Waals surface area contributed by atoms with E-state index in [1.807, 2.05) is 18.2 Å². The fraction of sp³-hybridized carbons (Fsp3) is 0.545. The fourth-order valence-electron chi connectivity index (χ4n) is 1.34. The lowest BCUT2D eigenvalue weighted by Crippen LogP contribution is -2.14. The van der Waals surface area contributed by atoms with Gasteiger partial charge in [-0.05, 0) is 18.6 Å². The average Bonchev–Trinajstić information content (AvgIpc) is 2.27. The Bertz CT molecular complexity index is 269. The van der Waals surface area contributed by atoms with Gasteiger partial charge in [0.2, 0.25) is 0 Å². The predicted octanol–water partition coefficient (Wildman–Crippen LogP) is 1.59. The van der Waals surface area contributed by atoms with Crippen LogP contribution in [0, 0.1) is 0 Å². The number of nitrogens with two attached hydrogens (primary N) is 1. The third-order valence-electron chi connectivity index (χ3n) is 2.16. The number of nitrogens with zero attached hydrogens (tertiary/aromatic N) is 1. The van der Waals surface area contributed by atoms with Crippen molar-refractivity contribution in [2.75, 3.05) is 13.2 Å². The summed E-state index contributed by atoms with van der Waals surface area (Å²) in [6.45, 7) is 2.91. The summed E-state index contributed by atoms with van der Waals surface area (Å²) in [4.78, 5) is 4.30. The molecule has 15 heavy (non-hydrogen) atoms. The van der Waals surface area contributed by atoms with E-state index < -0.39 is 0 Å². The van der Waals surface area contributed by atoms with Crippen LogP contribution in [0.1, 0.15) is 24.3 Å². The van der Waals surface area contributed by atoms with E-state index in [1.165, 1.54) is 0 Å². The van der Waals surface area contributed by atoms with Gasteiger partial charge in [0.25, 0.3) is 0 Å². The van der Waals surface area contributed by atoms with E-state index in [1.54, 1.807) is 18.0 Å². The maximum Gasteiger partial charge on any atom is 0.0595 e. The van der Waals surface area contributed by atoms with Crippen LogP contribution in [0.3, 0.4) is 0 Å². The van der Waals surface area contributed by atoms with Crippen LogP contribution in [0.5, 0.6) is 0 Å². The quantitative estimate of drug-likeness (QED) is 0.773. The molecule has 0 aliphatic rings.